The van der Waals surface area contributed by atoms with Gasteiger partial charge in [0.2, 0.25) is 5.91 Å². The van der Waals surface area contributed by atoms with E-state index in [4.69, 9.17) is 17.3 Å². The van der Waals surface area contributed by atoms with E-state index in [1.807, 2.05) is 26.8 Å². The highest BCUT2D eigenvalue weighted by Crippen LogP contribution is 2.43. The Morgan fingerprint density at radius 3 is 2.45 bits per heavy atom. The van der Waals surface area contributed by atoms with Gasteiger partial charge in [-0.1, -0.05) is 42.6 Å². The number of hydrogen-bond acceptors (Lipinski definition) is 6. The van der Waals surface area contributed by atoms with E-state index in [0.29, 0.717) is 39.7 Å². The van der Waals surface area contributed by atoms with Gasteiger partial charge in [-0.25, -0.2) is 9.18 Å². The summed E-state index contributed by atoms with van der Waals surface area (Å²) in [6.45, 7) is 5.74. The fourth-order valence-electron chi connectivity index (χ4n) is 5.79. The number of carbonyl (C=O) groups is 2. The van der Waals surface area contributed by atoms with Gasteiger partial charge in [0.1, 0.15) is 22.1 Å². The van der Waals surface area contributed by atoms with Crippen molar-refractivity contribution in [2.45, 2.75) is 75.2 Å². The van der Waals surface area contributed by atoms with Crippen molar-refractivity contribution in [2.75, 3.05) is 17.2 Å². The molecule has 5 N–H and O–H groups in total. The number of nitrogens with one attached hydrogen (secondary N) is 3. The first-order valence-electron chi connectivity index (χ1n) is 15.7. The molecule has 1 saturated carbocycles. The van der Waals surface area contributed by atoms with Crippen LogP contribution in [0.5, 0.6) is 0 Å². The lowest BCUT2D eigenvalue weighted by atomic mass is 9.79. The van der Waals surface area contributed by atoms with Crippen molar-refractivity contribution in [3.8, 4) is 6.07 Å². The van der Waals surface area contributed by atoms with E-state index in [1.54, 1.807) is 54.6 Å². The first-order chi connectivity index (χ1) is 22.3. The molecule has 0 bridgehead atoms. The molecule has 12 heteroatoms. The highest BCUT2D eigenvalue weighted by molar-refractivity contribution is 7.90. The van der Waals surface area contributed by atoms with Gasteiger partial charge < -0.3 is 25.8 Å². The Bertz CT molecular complexity index is 1660. The number of urea groups is 1. The van der Waals surface area contributed by atoms with Gasteiger partial charge in [-0.3, -0.25) is 4.79 Å². The largest absolute Gasteiger partial charge is 0.598 e. The summed E-state index contributed by atoms with van der Waals surface area (Å²) >= 11 is 4.41. The Hall–Kier alpha value is -3.66. The lowest BCUT2D eigenvalue weighted by Crippen LogP contribution is -2.52. The SMILES string of the molecule is CC(C)(C)[S@@+]([O-])NC(CCC1CC1)(c1cccc(C#N)c1)c1ccc(F)c(NC(=O)[C@H]2C[C@H](N)CN2C(=O)Nc2ccc(Cl)cc2)c1. The van der Waals surface area contributed by atoms with Gasteiger partial charge >= 0.3 is 6.03 Å². The lowest BCUT2D eigenvalue weighted by molar-refractivity contribution is -0.119. The van der Waals surface area contributed by atoms with Crippen LogP contribution in [-0.2, 0) is 21.7 Å². The minimum absolute atomic E-state index is 0.0818. The van der Waals surface area contributed by atoms with E-state index in [-0.39, 0.29) is 18.7 Å². The molecule has 3 amide bonds. The van der Waals surface area contributed by atoms with Crippen molar-refractivity contribution in [1.82, 2.24) is 9.62 Å². The van der Waals surface area contributed by atoms with Crippen LogP contribution < -0.4 is 21.1 Å². The molecule has 2 aliphatic rings. The molecule has 1 saturated heterocycles. The van der Waals surface area contributed by atoms with Crippen LogP contribution in [0.25, 0.3) is 0 Å². The molecule has 248 valence electrons. The number of nitrogens with two attached hydrogens (primary N) is 1. The topological polar surface area (TPSA) is 146 Å². The molecule has 4 atom stereocenters. The summed E-state index contributed by atoms with van der Waals surface area (Å²) in [4.78, 5) is 28.2. The zero-order chi connectivity index (χ0) is 33.9. The summed E-state index contributed by atoms with van der Waals surface area (Å²) in [7, 11) is 0. The molecule has 3 aromatic rings. The zero-order valence-corrected chi connectivity index (χ0v) is 28.3. The maximum atomic E-state index is 15.5. The summed E-state index contributed by atoms with van der Waals surface area (Å²) in [5.41, 5.74) is 7.27. The molecule has 1 aliphatic carbocycles. The van der Waals surface area contributed by atoms with Crippen LogP contribution in [0.15, 0.2) is 66.7 Å². The molecular formula is C35H40ClFN6O3S. The number of nitrogens with zero attached hydrogens (tertiary/aromatic N) is 2. The van der Waals surface area contributed by atoms with Gasteiger partial charge in [0, 0.05) is 34.7 Å². The number of anilines is 2. The molecule has 0 radical (unpaired) electrons. The van der Waals surface area contributed by atoms with Gasteiger partial charge in [-0.15, -0.1) is 4.72 Å². The Balaban J connectivity index is 1.48. The van der Waals surface area contributed by atoms with Crippen LogP contribution in [0, 0.1) is 23.1 Å². The molecule has 5 rings (SSSR count). The lowest BCUT2D eigenvalue weighted by Gasteiger charge is -2.39. The molecular weight excluding hydrogens is 639 g/mol. The number of carbonyl (C=O) groups excluding carboxylic acids is 2. The van der Waals surface area contributed by atoms with Crippen LogP contribution >= 0.6 is 11.6 Å². The first kappa shape index (κ1) is 34.7. The van der Waals surface area contributed by atoms with E-state index < -0.39 is 51.5 Å². The second-order valence-corrected chi connectivity index (χ2v) is 15.8. The van der Waals surface area contributed by atoms with E-state index in [0.717, 1.165) is 19.3 Å². The Kier molecular flexibility index (Phi) is 10.5. The Labute approximate surface area is 283 Å². The van der Waals surface area contributed by atoms with Crippen LogP contribution in [0.2, 0.25) is 5.02 Å². The number of halogens is 2. The molecule has 1 aliphatic heterocycles. The fourth-order valence-corrected chi connectivity index (χ4v) is 6.88. The molecule has 0 spiro atoms. The van der Waals surface area contributed by atoms with Crippen LogP contribution in [0.1, 0.15) is 69.6 Å². The van der Waals surface area contributed by atoms with E-state index >= 15 is 4.39 Å². The second kappa shape index (κ2) is 14.2. The number of nitriles is 1. The molecule has 1 heterocycles. The van der Waals surface area contributed by atoms with Gasteiger partial charge in [-0.2, -0.15) is 5.26 Å². The van der Waals surface area contributed by atoms with E-state index in [2.05, 4.69) is 21.4 Å². The second-order valence-electron chi connectivity index (χ2n) is 13.3. The van der Waals surface area contributed by atoms with Crippen LogP contribution in [-0.4, -0.2) is 44.8 Å². The third-order valence-corrected chi connectivity index (χ3v) is 10.5. The number of amides is 3. The molecule has 1 unspecified atom stereocenters. The third kappa shape index (κ3) is 8.26. The summed E-state index contributed by atoms with van der Waals surface area (Å²) in [5, 5.41) is 15.7. The van der Waals surface area contributed by atoms with Crippen molar-refractivity contribution in [1.29, 1.82) is 5.26 Å². The predicted molar refractivity (Wildman–Crippen MR) is 184 cm³/mol. The fraction of sp³-hybridized carbons (Fsp3) is 0.400. The van der Waals surface area contributed by atoms with E-state index in [9.17, 15) is 19.4 Å². The van der Waals surface area contributed by atoms with Crippen molar-refractivity contribution in [2.24, 2.45) is 11.7 Å². The van der Waals surface area contributed by atoms with Crippen molar-refractivity contribution in [3.63, 3.8) is 0 Å². The molecule has 0 aromatic heterocycles. The standard InChI is InChI=1S/C35H40ClFN6O3S/c1-34(2,3)47(46)42-35(16-15-22-7-8-22,24-6-4-5-23(17-24)20-38)25-9-14-29(37)30(18-25)41-32(44)31-19-27(39)21-43(31)33(45)40-28-12-10-26(36)11-13-28/h4-6,9-14,17-18,22,27,31,42H,7-8,15-16,19,21,39H2,1-3H3,(H,40,45)(H,41,44)/t27-,31+,35?,47+/m0/s1. The summed E-state index contributed by atoms with van der Waals surface area (Å²) in [6.07, 6.45) is 3.75. The van der Waals surface area contributed by atoms with Crippen molar-refractivity contribution in [3.05, 3.63) is 94.3 Å². The highest BCUT2D eigenvalue weighted by Gasteiger charge is 2.44. The average Bonchev–Trinajstić information content (AvgIpc) is 3.79. The quantitative estimate of drug-likeness (QED) is 0.182. The van der Waals surface area contributed by atoms with Crippen molar-refractivity contribution < 1.29 is 18.5 Å². The smallest absolute Gasteiger partial charge is 0.322 e. The highest BCUT2D eigenvalue weighted by atomic mass is 35.5. The van der Waals surface area contributed by atoms with Gasteiger partial charge in [0.15, 0.2) is 0 Å². The molecule has 47 heavy (non-hydrogen) atoms. The molecule has 9 nitrogen and oxygen atoms in total. The number of rotatable bonds is 10. The minimum Gasteiger partial charge on any atom is -0.598 e. The zero-order valence-electron chi connectivity index (χ0n) is 26.7. The van der Waals surface area contributed by atoms with Crippen molar-refractivity contribution >= 4 is 46.3 Å². The number of hydrogen-bond donors (Lipinski definition) is 4. The number of likely N-dealkylation sites (tertiary alicyclic amines) is 1. The Morgan fingerprint density at radius 2 is 1.79 bits per heavy atom. The molecule has 2 fully saturated rings. The maximum absolute atomic E-state index is 15.5. The van der Waals surface area contributed by atoms with Gasteiger partial charge in [0.25, 0.3) is 0 Å². The first-order valence-corrected chi connectivity index (χ1v) is 17.2. The normalized spacial score (nSPS) is 19.8. The van der Waals surface area contributed by atoms with E-state index in [1.165, 1.54) is 11.0 Å². The Morgan fingerprint density at radius 1 is 1.09 bits per heavy atom. The van der Waals surface area contributed by atoms with Gasteiger partial charge in [0.05, 0.1) is 17.3 Å². The van der Waals surface area contributed by atoms with Crippen LogP contribution in [0.3, 0.4) is 0 Å². The number of benzene rings is 3. The van der Waals surface area contributed by atoms with Gasteiger partial charge in [-0.05, 0) is 106 Å². The molecule has 3 aromatic carbocycles. The summed E-state index contributed by atoms with van der Waals surface area (Å²) < 4.78 is 32.0. The third-order valence-electron chi connectivity index (χ3n) is 8.64. The monoisotopic (exact) mass is 678 g/mol. The maximum Gasteiger partial charge on any atom is 0.322 e. The minimum atomic E-state index is -1.55. The summed E-state index contributed by atoms with van der Waals surface area (Å²) in [5.74, 6) is -0.725. The average molecular weight is 679 g/mol. The predicted octanol–water partition coefficient (Wildman–Crippen LogP) is 6.41. The summed E-state index contributed by atoms with van der Waals surface area (Å²) in [6, 6.07) is 18.4. The van der Waals surface area contributed by atoms with Crippen LogP contribution in [0.4, 0.5) is 20.6 Å².